The van der Waals surface area contributed by atoms with E-state index in [0.29, 0.717) is 13.0 Å². The third-order valence-corrected chi connectivity index (χ3v) is 5.79. The number of rotatable bonds is 24. The molecule has 1 unspecified atom stereocenters. The number of unbranched alkanes of at least 4 members (excludes halogenated alkanes) is 6. The van der Waals surface area contributed by atoms with Crippen molar-refractivity contribution in [1.29, 1.82) is 0 Å². The predicted octanol–water partition coefficient (Wildman–Crippen LogP) is 5.70. The molecular weight excluding hydrogens is 568 g/mol. The van der Waals surface area contributed by atoms with Crippen LogP contribution < -0.4 is 31.9 Å². The lowest BCUT2D eigenvalue weighted by atomic mass is 9.97. The molecule has 0 saturated carbocycles. The summed E-state index contributed by atoms with van der Waals surface area (Å²) in [4.78, 5) is 32.4. The maximum absolute atomic E-state index is 11.7. The Kier molecular flexibility index (Phi) is 85.3. The van der Waals surface area contributed by atoms with Crippen LogP contribution in [0.2, 0.25) is 0 Å². The highest BCUT2D eigenvalue weighted by molar-refractivity contribution is 5.82. The number of hydrogen-bond acceptors (Lipinski definition) is 8. The molecule has 0 radical (unpaired) electrons. The Morgan fingerprint density at radius 2 is 0.911 bits per heavy atom. The van der Waals surface area contributed by atoms with Crippen molar-refractivity contribution in [2.45, 2.75) is 139 Å². The largest absolute Gasteiger partial charge is 0.370 e. The summed E-state index contributed by atoms with van der Waals surface area (Å²) in [7, 11) is 9.33. The normalized spacial score (nSPS) is 10.2. The smallest absolute Gasteiger partial charge is 0.223 e. The highest BCUT2D eigenvalue weighted by Gasteiger charge is 2.30. The van der Waals surface area contributed by atoms with Crippen LogP contribution in [0, 0.1) is 0 Å². The van der Waals surface area contributed by atoms with E-state index in [1.54, 1.807) is 0 Å². The monoisotopic (exact) mass is 653 g/mol. The van der Waals surface area contributed by atoms with Crippen molar-refractivity contribution in [3.05, 3.63) is 0 Å². The fourth-order valence-electron chi connectivity index (χ4n) is 3.23. The van der Waals surface area contributed by atoms with Gasteiger partial charge in [0.25, 0.3) is 0 Å². The van der Waals surface area contributed by atoms with Crippen molar-refractivity contribution in [2.24, 2.45) is 0 Å². The van der Waals surface area contributed by atoms with Gasteiger partial charge >= 0.3 is 0 Å². The van der Waals surface area contributed by atoms with Gasteiger partial charge in [-0.2, -0.15) is 0 Å². The number of methoxy groups -OCH3 is 1. The van der Waals surface area contributed by atoms with E-state index in [1.165, 1.54) is 39.2 Å². The average molecular weight is 653 g/mol. The van der Waals surface area contributed by atoms with Crippen molar-refractivity contribution < 1.29 is 19.1 Å². The lowest BCUT2D eigenvalue weighted by Crippen LogP contribution is -2.39. The van der Waals surface area contributed by atoms with Crippen LogP contribution in [0.3, 0.4) is 0 Å². The minimum Gasteiger partial charge on any atom is -0.370 e. The maximum Gasteiger partial charge on any atom is 0.223 e. The first-order valence-corrected chi connectivity index (χ1v) is 18.0. The van der Waals surface area contributed by atoms with Crippen LogP contribution in [0.5, 0.6) is 0 Å². The number of nitrogens with one attached hydrogen (secondary N) is 6. The third-order valence-electron chi connectivity index (χ3n) is 5.79. The predicted molar refractivity (Wildman–Crippen MR) is 200 cm³/mol. The number of ether oxygens (including phenoxy) is 1. The molecule has 45 heavy (non-hydrogen) atoms. The minimum atomic E-state index is -0.962. The highest BCUT2D eigenvalue weighted by atomic mass is 16.5. The molecule has 2 amide bonds. The van der Waals surface area contributed by atoms with Crippen LogP contribution >= 0.6 is 0 Å². The lowest BCUT2D eigenvalue weighted by Gasteiger charge is -2.24. The van der Waals surface area contributed by atoms with Gasteiger partial charge in [-0.05, 0) is 99.3 Å². The molecule has 0 aliphatic heterocycles. The molecule has 278 valence electrons. The Bertz CT molecular complexity index is 477. The molecule has 0 aliphatic rings. The van der Waals surface area contributed by atoms with E-state index in [9.17, 15) is 14.4 Å². The number of carbonyl (C=O) groups is 3. The van der Waals surface area contributed by atoms with Crippen molar-refractivity contribution in [1.82, 2.24) is 31.9 Å². The molecule has 0 rings (SSSR count). The molecule has 6 N–H and O–H groups in total. The summed E-state index contributed by atoms with van der Waals surface area (Å²) < 4.78 is 5.13. The quantitative estimate of drug-likeness (QED) is 0.0578. The molecule has 0 aromatic carbocycles. The van der Waals surface area contributed by atoms with E-state index < -0.39 is 5.60 Å². The molecule has 10 nitrogen and oxygen atoms in total. The standard InChI is InChI=1S/C13H26N2O3.C7H16N2O.C7H18N2.4C2H6/c1-4-13(11-16,18-3)10-12(17)15-9-7-5-6-8-14-2;1-8-5-3-2-4-6-9-7-10;1-8-6-4-3-5-7-9-2;4*1-2/h11,14H,4-10H2,1-3H3,(H,15,17);7-8H,2-6H2,1H3,(H,9,10);8-9H,3-7H2,1-2H3;4*1-2H3. The van der Waals surface area contributed by atoms with E-state index in [2.05, 4.69) is 31.9 Å². The first-order valence-electron chi connectivity index (χ1n) is 18.0. The van der Waals surface area contributed by atoms with Gasteiger partial charge in [-0.15, -0.1) is 0 Å². The van der Waals surface area contributed by atoms with E-state index >= 15 is 0 Å². The topological polar surface area (TPSA) is 133 Å². The van der Waals surface area contributed by atoms with Gasteiger partial charge in [0.05, 0.1) is 6.42 Å². The van der Waals surface area contributed by atoms with Gasteiger partial charge < -0.3 is 41.4 Å². The second-order valence-electron chi connectivity index (χ2n) is 8.94. The number of carbonyl (C=O) groups excluding carboxylic acids is 3. The second-order valence-corrected chi connectivity index (χ2v) is 8.94. The minimum absolute atomic E-state index is 0.0972. The molecule has 1 atom stereocenters. The zero-order valence-corrected chi connectivity index (χ0v) is 32.8. The van der Waals surface area contributed by atoms with E-state index in [0.717, 1.165) is 71.1 Å². The third kappa shape index (κ3) is 62.0. The summed E-state index contributed by atoms with van der Waals surface area (Å²) in [5.41, 5.74) is -0.962. The van der Waals surface area contributed by atoms with Crippen LogP contribution in [0.4, 0.5) is 0 Å². The molecule has 0 saturated heterocycles. The first kappa shape index (κ1) is 58.9. The fraction of sp³-hybridized carbons (Fsp3) is 0.914. The van der Waals surface area contributed by atoms with E-state index in [4.69, 9.17) is 4.74 Å². The second kappa shape index (κ2) is 65.2. The van der Waals surface area contributed by atoms with Crippen LogP contribution in [-0.2, 0) is 19.1 Å². The lowest BCUT2D eigenvalue weighted by molar-refractivity contribution is -0.138. The van der Waals surface area contributed by atoms with E-state index in [1.807, 2.05) is 90.5 Å². The van der Waals surface area contributed by atoms with Gasteiger partial charge in [-0.3, -0.25) is 9.59 Å². The first-order chi connectivity index (χ1) is 22.0. The van der Waals surface area contributed by atoms with Crippen molar-refractivity contribution in [3.8, 4) is 0 Å². The SMILES string of the molecule is CC.CC.CC.CC.CCC(C=O)(CC(=O)NCCCCCNC)OC.CNCCCCCNC.CNCCCCCNC=O. The molecule has 0 fully saturated rings. The molecule has 10 heteroatoms. The van der Waals surface area contributed by atoms with E-state index in [-0.39, 0.29) is 12.3 Å². The Hall–Kier alpha value is -1.59. The summed E-state index contributed by atoms with van der Waals surface area (Å²) in [5, 5.41) is 17.8. The van der Waals surface area contributed by atoms with Crippen molar-refractivity contribution in [3.63, 3.8) is 0 Å². The van der Waals surface area contributed by atoms with Gasteiger partial charge in [-0.1, -0.05) is 81.6 Å². The summed E-state index contributed by atoms with van der Waals surface area (Å²) >= 11 is 0. The van der Waals surface area contributed by atoms with Gasteiger partial charge in [0.2, 0.25) is 12.3 Å². The Labute approximate surface area is 282 Å². The molecule has 0 aromatic heterocycles. The maximum atomic E-state index is 11.7. The van der Waals surface area contributed by atoms with Crippen LogP contribution in [-0.4, -0.2) is 98.8 Å². The van der Waals surface area contributed by atoms with Crippen molar-refractivity contribution in [2.75, 3.05) is 74.6 Å². The summed E-state index contributed by atoms with van der Waals surface area (Å²) in [5.74, 6) is -0.126. The zero-order valence-electron chi connectivity index (χ0n) is 32.8. The summed E-state index contributed by atoms with van der Waals surface area (Å²) in [6.07, 6.45) is 12.6. The van der Waals surface area contributed by atoms with Gasteiger partial charge in [-0.25, -0.2) is 0 Å². The van der Waals surface area contributed by atoms with Gasteiger partial charge in [0, 0.05) is 20.2 Å². The molecule has 0 aliphatic carbocycles. The van der Waals surface area contributed by atoms with Crippen molar-refractivity contribution >= 4 is 18.6 Å². The van der Waals surface area contributed by atoms with Gasteiger partial charge in [0.15, 0.2) is 6.29 Å². The molecule has 0 aromatic rings. The fourth-order valence-corrected chi connectivity index (χ4v) is 3.23. The Balaban J connectivity index is -0.0000000914. The molecular formula is C35H84N6O4. The molecule has 0 spiro atoms. The Morgan fingerprint density at radius 1 is 0.578 bits per heavy atom. The molecule has 0 heterocycles. The number of aldehydes is 1. The highest BCUT2D eigenvalue weighted by Crippen LogP contribution is 2.16. The average Bonchev–Trinajstić information content (AvgIpc) is 3.11. The van der Waals surface area contributed by atoms with Gasteiger partial charge in [0.1, 0.15) is 5.60 Å². The Morgan fingerprint density at radius 3 is 1.18 bits per heavy atom. The molecule has 0 bridgehead atoms. The van der Waals surface area contributed by atoms with Crippen LogP contribution in [0.15, 0.2) is 0 Å². The van der Waals surface area contributed by atoms with Crippen LogP contribution in [0.1, 0.15) is 133 Å². The number of amides is 2. The summed E-state index contributed by atoms with van der Waals surface area (Å²) in [6, 6.07) is 0. The number of hydrogen-bond donors (Lipinski definition) is 6. The summed E-state index contributed by atoms with van der Waals surface area (Å²) in [6.45, 7) is 23.7. The van der Waals surface area contributed by atoms with Crippen LogP contribution in [0.25, 0.3) is 0 Å². The zero-order chi connectivity index (χ0) is 36.5.